The fourth-order valence-corrected chi connectivity index (χ4v) is 2.99. The lowest BCUT2D eigenvalue weighted by molar-refractivity contribution is 0.829. The van der Waals surface area contributed by atoms with E-state index in [2.05, 4.69) is 56.7 Å². The largest absolute Gasteiger partial charge is 0.372 e. The minimum atomic E-state index is 0.771. The molecule has 0 atom stereocenters. The molecule has 2 aromatic rings. The first-order valence-corrected chi connectivity index (χ1v) is 8.96. The molecule has 0 unspecified atom stereocenters. The molecule has 2 heterocycles. The molecule has 1 aromatic heterocycles. The highest BCUT2D eigenvalue weighted by Gasteiger charge is 2.11. The Hall–Kier alpha value is -2.30. The number of rotatable bonds is 7. The van der Waals surface area contributed by atoms with Crippen LogP contribution in [0.4, 0.5) is 23.0 Å². The van der Waals surface area contributed by atoms with Crippen molar-refractivity contribution >= 4 is 23.0 Å². The average molecular weight is 325 g/mol. The van der Waals surface area contributed by atoms with E-state index in [0.29, 0.717) is 0 Å². The Balaban J connectivity index is 1.66. The first-order chi connectivity index (χ1) is 11.7. The summed E-state index contributed by atoms with van der Waals surface area (Å²) in [5.41, 5.74) is 2.36. The number of nitrogens with zero attached hydrogens (tertiary/aromatic N) is 3. The van der Waals surface area contributed by atoms with Gasteiger partial charge >= 0.3 is 0 Å². The monoisotopic (exact) mass is 325 g/mol. The third kappa shape index (κ3) is 4.37. The number of benzene rings is 1. The Morgan fingerprint density at radius 3 is 2.46 bits per heavy atom. The molecule has 0 aliphatic carbocycles. The maximum Gasteiger partial charge on any atom is 0.136 e. The summed E-state index contributed by atoms with van der Waals surface area (Å²) in [6.07, 6.45) is 4.91. The zero-order chi connectivity index (χ0) is 16.8. The predicted molar refractivity (Wildman–Crippen MR) is 101 cm³/mol. The van der Waals surface area contributed by atoms with Crippen LogP contribution in [0, 0.1) is 6.92 Å². The number of aromatic nitrogens is 2. The van der Waals surface area contributed by atoms with Crippen molar-refractivity contribution < 1.29 is 0 Å². The average Bonchev–Trinajstić information content (AvgIpc) is 3.10. The molecule has 1 fully saturated rings. The second kappa shape index (κ2) is 7.99. The first-order valence-electron chi connectivity index (χ1n) is 8.96. The van der Waals surface area contributed by atoms with Crippen LogP contribution < -0.4 is 15.5 Å². The van der Waals surface area contributed by atoms with Crippen molar-refractivity contribution in [3.63, 3.8) is 0 Å². The molecule has 2 N–H and O–H groups in total. The van der Waals surface area contributed by atoms with Crippen molar-refractivity contribution in [3.05, 3.63) is 36.2 Å². The highest BCUT2D eigenvalue weighted by Crippen LogP contribution is 2.24. The number of hydrogen-bond donors (Lipinski definition) is 2. The van der Waals surface area contributed by atoms with Gasteiger partial charge in [0.15, 0.2) is 0 Å². The number of aryl methyl sites for hydroxylation is 1. The summed E-state index contributed by atoms with van der Waals surface area (Å²) in [7, 11) is 0. The zero-order valence-electron chi connectivity index (χ0n) is 14.7. The van der Waals surface area contributed by atoms with Gasteiger partial charge in [-0.2, -0.15) is 0 Å². The summed E-state index contributed by atoms with van der Waals surface area (Å²) < 4.78 is 0. The van der Waals surface area contributed by atoms with Gasteiger partial charge in [0.25, 0.3) is 0 Å². The fraction of sp³-hybridized carbons (Fsp3) is 0.474. The van der Waals surface area contributed by atoms with E-state index < -0.39 is 0 Å². The summed E-state index contributed by atoms with van der Waals surface area (Å²) in [4.78, 5) is 11.4. The second-order valence-electron chi connectivity index (χ2n) is 6.33. The molecule has 0 saturated carbocycles. The quantitative estimate of drug-likeness (QED) is 0.742. The second-order valence-corrected chi connectivity index (χ2v) is 6.33. The smallest absolute Gasteiger partial charge is 0.136 e. The van der Waals surface area contributed by atoms with E-state index in [9.17, 15) is 0 Å². The van der Waals surface area contributed by atoms with Crippen LogP contribution in [0.1, 0.15) is 38.4 Å². The Bertz CT molecular complexity index is 647. The number of unbranched alkanes of at least 4 members (excludes halogenated alkanes) is 1. The van der Waals surface area contributed by atoms with Gasteiger partial charge in [0.05, 0.1) is 0 Å². The van der Waals surface area contributed by atoms with Gasteiger partial charge in [-0.25, -0.2) is 9.97 Å². The van der Waals surface area contributed by atoms with E-state index >= 15 is 0 Å². The lowest BCUT2D eigenvalue weighted by atomic mass is 10.2. The van der Waals surface area contributed by atoms with Crippen LogP contribution in [-0.2, 0) is 0 Å². The van der Waals surface area contributed by atoms with Crippen LogP contribution in [0.3, 0.4) is 0 Å². The van der Waals surface area contributed by atoms with Crippen LogP contribution in [-0.4, -0.2) is 29.6 Å². The standard InChI is InChI=1S/C19H27N5/c1-3-4-11-20-18-14-19(22-15(2)21-18)23-16-7-9-17(10-8-16)24-12-5-6-13-24/h7-10,14H,3-6,11-13H2,1-2H3,(H2,20,21,22,23). The molecule has 128 valence electrons. The Morgan fingerprint density at radius 1 is 1.04 bits per heavy atom. The molecule has 0 radical (unpaired) electrons. The molecule has 3 rings (SSSR count). The number of nitrogens with one attached hydrogen (secondary N) is 2. The van der Waals surface area contributed by atoms with Crippen LogP contribution >= 0.6 is 0 Å². The van der Waals surface area contributed by atoms with Crippen molar-refractivity contribution in [3.8, 4) is 0 Å². The molecule has 1 aliphatic heterocycles. The van der Waals surface area contributed by atoms with E-state index in [1.165, 1.54) is 38.0 Å². The molecule has 24 heavy (non-hydrogen) atoms. The van der Waals surface area contributed by atoms with Crippen LogP contribution in [0.5, 0.6) is 0 Å². The maximum absolute atomic E-state index is 4.48. The van der Waals surface area contributed by atoms with E-state index in [1.807, 2.05) is 13.0 Å². The lowest BCUT2D eigenvalue weighted by Crippen LogP contribution is -2.17. The fourth-order valence-electron chi connectivity index (χ4n) is 2.99. The van der Waals surface area contributed by atoms with E-state index in [1.54, 1.807) is 0 Å². The summed E-state index contributed by atoms with van der Waals surface area (Å²) >= 11 is 0. The van der Waals surface area contributed by atoms with Gasteiger partial charge in [-0.05, 0) is 50.5 Å². The van der Waals surface area contributed by atoms with Gasteiger partial charge in [0, 0.05) is 37.1 Å². The Kier molecular flexibility index (Phi) is 5.51. The van der Waals surface area contributed by atoms with Gasteiger partial charge in [-0.15, -0.1) is 0 Å². The van der Waals surface area contributed by atoms with Crippen LogP contribution in [0.2, 0.25) is 0 Å². The highest BCUT2D eigenvalue weighted by atomic mass is 15.1. The van der Waals surface area contributed by atoms with Gasteiger partial charge in [0.2, 0.25) is 0 Å². The van der Waals surface area contributed by atoms with Gasteiger partial charge < -0.3 is 15.5 Å². The Labute approximate surface area is 144 Å². The first kappa shape index (κ1) is 16.6. The summed E-state index contributed by atoms with van der Waals surface area (Å²) in [5, 5.41) is 6.74. The topological polar surface area (TPSA) is 53.1 Å². The van der Waals surface area contributed by atoms with Crippen molar-refractivity contribution in [1.29, 1.82) is 0 Å². The van der Waals surface area contributed by atoms with Crippen molar-refractivity contribution in [2.45, 2.75) is 39.5 Å². The third-order valence-electron chi connectivity index (χ3n) is 4.29. The van der Waals surface area contributed by atoms with Gasteiger partial charge in [0.1, 0.15) is 17.5 Å². The molecule has 1 saturated heterocycles. The SMILES string of the molecule is CCCCNc1cc(Nc2ccc(N3CCCC3)cc2)nc(C)n1. The molecule has 0 amide bonds. The third-order valence-corrected chi connectivity index (χ3v) is 4.29. The molecule has 0 spiro atoms. The van der Waals surface area contributed by atoms with Crippen molar-refractivity contribution in [2.75, 3.05) is 35.2 Å². The predicted octanol–water partition coefficient (Wildman–Crippen LogP) is 4.34. The molecular formula is C19H27N5. The molecule has 5 nitrogen and oxygen atoms in total. The van der Waals surface area contributed by atoms with E-state index in [4.69, 9.17) is 0 Å². The number of anilines is 4. The minimum Gasteiger partial charge on any atom is -0.372 e. The zero-order valence-corrected chi connectivity index (χ0v) is 14.7. The molecular weight excluding hydrogens is 298 g/mol. The summed E-state index contributed by atoms with van der Waals surface area (Å²) in [6.45, 7) is 7.39. The molecule has 1 aliphatic rings. The summed E-state index contributed by atoms with van der Waals surface area (Å²) in [5.74, 6) is 2.48. The van der Waals surface area contributed by atoms with Gasteiger partial charge in [-0.3, -0.25) is 0 Å². The lowest BCUT2D eigenvalue weighted by Gasteiger charge is -2.18. The van der Waals surface area contributed by atoms with Crippen LogP contribution in [0.15, 0.2) is 30.3 Å². The van der Waals surface area contributed by atoms with Crippen molar-refractivity contribution in [1.82, 2.24) is 9.97 Å². The highest BCUT2D eigenvalue weighted by molar-refractivity contribution is 5.62. The van der Waals surface area contributed by atoms with E-state index in [-0.39, 0.29) is 0 Å². The molecule has 5 heteroatoms. The molecule has 1 aromatic carbocycles. The Morgan fingerprint density at radius 2 is 1.75 bits per heavy atom. The van der Waals surface area contributed by atoms with E-state index in [0.717, 1.165) is 36.1 Å². The number of hydrogen-bond acceptors (Lipinski definition) is 5. The molecule has 0 bridgehead atoms. The summed E-state index contributed by atoms with van der Waals surface area (Å²) in [6, 6.07) is 10.6. The maximum atomic E-state index is 4.48. The minimum absolute atomic E-state index is 0.771. The van der Waals surface area contributed by atoms with Crippen molar-refractivity contribution in [2.24, 2.45) is 0 Å². The normalized spacial score (nSPS) is 14.0. The van der Waals surface area contributed by atoms with Crippen LogP contribution in [0.25, 0.3) is 0 Å². The van der Waals surface area contributed by atoms with Gasteiger partial charge in [-0.1, -0.05) is 13.3 Å².